The molecule has 1 saturated heterocycles. The third-order valence-electron chi connectivity index (χ3n) is 4.13. The Hall–Kier alpha value is -0.950. The molecule has 2 aromatic heterocycles. The topological polar surface area (TPSA) is 25.4 Å². The summed E-state index contributed by atoms with van der Waals surface area (Å²) in [6.07, 6.45) is 0.00379. The largest absolute Gasteiger partial charge is 0.368 e. The number of aromatic nitrogens is 1. The average molecular weight is 411 g/mol. The van der Waals surface area contributed by atoms with Crippen LogP contribution in [0.4, 0.5) is 0 Å². The maximum absolute atomic E-state index is 6.25. The summed E-state index contributed by atoms with van der Waals surface area (Å²) in [4.78, 5) is 7.17. The maximum atomic E-state index is 6.25. The van der Waals surface area contributed by atoms with Crippen molar-refractivity contribution >= 4 is 45.9 Å². The highest BCUT2D eigenvalue weighted by atomic mass is 35.5. The molecule has 0 N–H and O–H groups in total. The number of benzene rings is 1. The van der Waals surface area contributed by atoms with Crippen LogP contribution in [-0.2, 0) is 11.3 Å². The molecule has 1 aliphatic heterocycles. The van der Waals surface area contributed by atoms with Gasteiger partial charge in [0.25, 0.3) is 0 Å². The van der Waals surface area contributed by atoms with E-state index in [1.54, 1.807) is 11.3 Å². The van der Waals surface area contributed by atoms with E-state index in [2.05, 4.69) is 29.2 Å². The third kappa shape index (κ3) is 4.08. The number of halogens is 2. The van der Waals surface area contributed by atoms with Crippen molar-refractivity contribution in [3.05, 3.63) is 61.0 Å². The second-order valence-corrected chi connectivity index (χ2v) is 9.06. The Kier molecular flexibility index (Phi) is 5.41. The maximum Gasteiger partial charge on any atom is 0.124 e. The van der Waals surface area contributed by atoms with Crippen LogP contribution in [0.25, 0.3) is 11.3 Å². The van der Waals surface area contributed by atoms with Crippen molar-refractivity contribution in [2.45, 2.75) is 12.6 Å². The molecule has 1 fully saturated rings. The zero-order chi connectivity index (χ0) is 17.2. The van der Waals surface area contributed by atoms with Crippen LogP contribution < -0.4 is 0 Å². The van der Waals surface area contributed by atoms with Gasteiger partial charge in [-0.1, -0.05) is 53.5 Å². The van der Waals surface area contributed by atoms with Crippen molar-refractivity contribution < 1.29 is 4.74 Å². The van der Waals surface area contributed by atoms with Crippen LogP contribution in [0.3, 0.4) is 0 Å². The van der Waals surface area contributed by atoms with Crippen molar-refractivity contribution in [1.29, 1.82) is 0 Å². The first-order valence-corrected chi connectivity index (χ1v) is 10.4. The lowest BCUT2D eigenvalue weighted by atomic mass is 10.2. The van der Waals surface area contributed by atoms with Gasteiger partial charge in [0.05, 0.1) is 16.6 Å². The Morgan fingerprint density at radius 1 is 1.24 bits per heavy atom. The van der Waals surface area contributed by atoms with E-state index in [9.17, 15) is 0 Å². The van der Waals surface area contributed by atoms with E-state index in [4.69, 9.17) is 32.9 Å². The van der Waals surface area contributed by atoms with E-state index in [-0.39, 0.29) is 6.10 Å². The molecule has 0 spiro atoms. The molecule has 1 unspecified atom stereocenters. The van der Waals surface area contributed by atoms with E-state index >= 15 is 0 Å². The summed E-state index contributed by atoms with van der Waals surface area (Å²) in [5.74, 6) is 0. The Bertz CT molecular complexity index is 850. The first-order chi connectivity index (χ1) is 12.2. The van der Waals surface area contributed by atoms with Crippen LogP contribution in [0, 0.1) is 0 Å². The Morgan fingerprint density at radius 2 is 2.08 bits per heavy atom. The summed E-state index contributed by atoms with van der Waals surface area (Å²) in [7, 11) is 0. The van der Waals surface area contributed by atoms with Crippen LogP contribution in [0.2, 0.25) is 8.67 Å². The molecule has 0 radical (unpaired) electrons. The summed E-state index contributed by atoms with van der Waals surface area (Å²) in [6.45, 7) is 3.44. The van der Waals surface area contributed by atoms with Crippen molar-refractivity contribution in [2.75, 3.05) is 19.7 Å². The first-order valence-electron chi connectivity index (χ1n) is 7.97. The van der Waals surface area contributed by atoms with Gasteiger partial charge in [0.1, 0.15) is 15.4 Å². The molecule has 3 aromatic rings. The standard InChI is InChI=1S/C18H16Cl2N2OS2/c19-16-8-13(17(20)25-16)14-11-24-18(21-14)15-10-22(6-7-23-15)9-12-4-2-1-3-5-12/h1-5,8,11,15H,6-7,9-10H2. The van der Waals surface area contributed by atoms with Crippen molar-refractivity contribution in [2.24, 2.45) is 0 Å². The van der Waals surface area contributed by atoms with Crippen LogP contribution in [0.1, 0.15) is 16.7 Å². The monoisotopic (exact) mass is 410 g/mol. The van der Waals surface area contributed by atoms with Crippen LogP contribution in [0.15, 0.2) is 41.8 Å². The fourth-order valence-corrected chi connectivity index (χ4v) is 5.25. The lowest BCUT2D eigenvalue weighted by Crippen LogP contribution is -2.37. The smallest absolute Gasteiger partial charge is 0.124 e. The highest BCUT2D eigenvalue weighted by molar-refractivity contribution is 7.20. The predicted molar refractivity (Wildman–Crippen MR) is 106 cm³/mol. The van der Waals surface area contributed by atoms with Gasteiger partial charge in [0.15, 0.2) is 0 Å². The molecule has 3 nitrogen and oxygen atoms in total. The molecule has 1 aliphatic rings. The Labute approximate surface area is 164 Å². The summed E-state index contributed by atoms with van der Waals surface area (Å²) < 4.78 is 7.32. The Morgan fingerprint density at radius 3 is 2.84 bits per heavy atom. The second-order valence-electron chi connectivity index (χ2n) is 5.89. The number of thiophene rings is 1. The molecule has 0 bridgehead atoms. The van der Waals surface area contributed by atoms with Gasteiger partial charge >= 0.3 is 0 Å². The summed E-state index contributed by atoms with van der Waals surface area (Å²) in [6, 6.07) is 12.4. The highest BCUT2D eigenvalue weighted by Gasteiger charge is 2.25. The van der Waals surface area contributed by atoms with Crippen LogP contribution in [-0.4, -0.2) is 29.6 Å². The molecule has 25 heavy (non-hydrogen) atoms. The average Bonchev–Trinajstić information content (AvgIpc) is 3.22. The minimum atomic E-state index is 0.00379. The quantitative estimate of drug-likeness (QED) is 0.547. The summed E-state index contributed by atoms with van der Waals surface area (Å²) in [5.41, 5.74) is 3.09. The van der Waals surface area contributed by atoms with E-state index in [1.165, 1.54) is 16.9 Å². The number of thiazole rings is 1. The second kappa shape index (κ2) is 7.74. The molecule has 0 amide bonds. The molecule has 7 heteroatoms. The fraction of sp³-hybridized carbons (Fsp3) is 0.278. The summed E-state index contributed by atoms with van der Waals surface area (Å²) >= 11 is 15.3. The van der Waals surface area contributed by atoms with Gasteiger partial charge in [-0.3, -0.25) is 4.90 Å². The molecule has 0 saturated carbocycles. The van der Waals surface area contributed by atoms with Crippen molar-refractivity contribution in [1.82, 2.24) is 9.88 Å². The van der Waals surface area contributed by atoms with Gasteiger partial charge < -0.3 is 4.74 Å². The normalized spacial score (nSPS) is 18.6. The van der Waals surface area contributed by atoms with Gasteiger partial charge in [-0.25, -0.2) is 4.98 Å². The molecular formula is C18H16Cl2N2OS2. The molecule has 3 heterocycles. The van der Waals surface area contributed by atoms with Crippen LogP contribution >= 0.6 is 45.9 Å². The minimum Gasteiger partial charge on any atom is -0.368 e. The number of rotatable bonds is 4. The van der Waals surface area contributed by atoms with Gasteiger partial charge in [0.2, 0.25) is 0 Å². The third-order valence-corrected chi connectivity index (χ3v) is 6.55. The van der Waals surface area contributed by atoms with E-state index in [0.29, 0.717) is 8.67 Å². The zero-order valence-electron chi connectivity index (χ0n) is 13.3. The van der Waals surface area contributed by atoms with Gasteiger partial charge in [-0.15, -0.1) is 22.7 Å². The number of hydrogen-bond donors (Lipinski definition) is 0. The van der Waals surface area contributed by atoms with Gasteiger partial charge in [-0.2, -0.15) is 0 Å². The lowest BCUT2D eigenvalue weighted by molar-refractivity contribution is -0.0329. The molecule has 0 aliphatic carbocycles. The number of morpholine rings is 1. The fourth-order valence-electron chi connectivity index (χ4n) is 2.91. The predicted octanol–water partition coefficient (Wildman–Crippen LogP) is 5.75. The minimum absolute atomic E-state index is 0.00379. The van der Waals surface area contributed by atoms with E-state index in [1.807, 2.05) is 17.5 Å². The Balaban J connectivity index is 1.47. The van der Waals surface area contributed by atoms with Crippen LogP contribution in [0.5, 0.6) is 0 Å². The molecule has 1 aromatic carbocycles. The number of hydrogen-bond acceptors (Lipinski definition) is 5. The first kappa shape index (κ1) is 17.5. The van der Waals surface area contributed by atoms with Gasteiger partial charge in [-0.05, 0) is 11.6 Å². The number of nitrogens with zero attached hydrogens (tertiary/aromatic N) is 2. The molecule has 130 valence electrons. The molecular weight excluding hydrogens is 395 g/mol. The number of ether oxygens (including phenoxy) is 1. The van der Waals surface area contributed by atoms with E-state index in [0.717, 1.165) is 42.5 Å². The zero-order valence-corrected chi connectivity index (χ0v) is 16.5. The SMILES string of the molecule is Clc1cc(-c2csc(C3CN(Cc4ccccc4)CCO3)n2)c(Cl)s1. The van der Waals surface area contributed by atoms with E-state index < -0.39 is 0 Å². The highest BCUT2D eigenvalue weighted by Crippen LogP contribution is 2.39. The molecule has 4 rings (SSSR count). The van der Waals surface area contributed by atoms with Crippen molar-refractivity contribution in [3.8, 4) is 11.3 Å². The summed E-state index contributed by atoms with van der Waals surface area (Å²) in [5, 5.41) is 3.02. The van der Waals surface area contributed by atoms with Crippen molar-refractivity contribution in [3.63, 3.8) is 0 Å². The molecule has 1 atom stereocenters. The van der Waals surface area contributed by atoms with Gasteiger partial charge in [0, 0.05) is 30.6 Å². The lowest BCUT2D eigenvalue weighted by Gasteiger charge is -2.31.